The number of ether oxygens (including phenoxy) is 1. The highest BCUT2D eigenvalue weighted by molar-refractivity contribution is 5.97. The van der Waals surface area contributed by atoms with Crippen LogP contribution in [0.4, 0.5) is 0 Å². The van der Waals surface area contributed by atoms with Gasteiger partial charge in [-0.15, -0.1) is 0 Å². The van der Waals surface area contributed by atoms with Gasteiger partial charge in [0.25, 0.3) is 0 Å². The highest BCUT2D eigenvalue weighted by atomic mass is 16.5. The maximum atomic E-state index is 13.9. The minimum atomic E-state index is -0.515. The van der Waals surface area contributed by atoms with E-state index < -0.39 is 12.1 Å². The quantitative estimate of drug-likeness (QED) is 0.486. The SMILES string of the molecule is CCOc1ccccc1[C@@H]1c2[nH]c3ccccc3c2C[C@H]2C(=O)N(CCC[NH+](CC)CC)CC(=O)N12. The molecule has 0 aliphatic carbocycles. The fourth-order valence-corrected chi connectivity index (χ4v) is 5.95. The number of aromatic nitrogens is 1. The Kier molecular flexibility index (Phi) is 7.01. The predicted molar refractivity (Wildman–Crippen MR) is 140 cm³/mol. The molecule has 190 valence electrons. The van der Waals surface area contributed by atoms with Gasteiger partial charge in [-0.3, -0.25) is 9.59 Å². The number of carbonyl (C=O) groups is 2. The first-order valence-electron chi connectivity index (χ1n) is 13.3. The second kappa shape index (κ2) is 10.3. The number of hydrogen-bond acceptors (Lipinski definition) is 3. The van der Waals surface area contributed by atoms with Crippen molar-refractivity contribution < 1.29 is 19.2 Å². The zero-order valence-corrected chi connectivity index (χ0v) is 21.5. The minimum absolute atomic E-state index is 0.00427. The number of para-hydroxylation sites is 2. The van der Waals surface area contributed by atoms with Crippen LogP contribution in [0, 0.1) is 0 Å². The summed E-state index contributed by atoms with van der Waals surface area (Å²) in [5, 5.41) is 1.12. The van der Waals surface area contributed by atoms with Crippen molar-refractivity contribution in [1.82, 2.24) is 14.8 Å². The van der Waals surface area contributed by atoms with E-state index in [0.717, 1.165) is 59.5 Å². The molecule has 0 unspecified atom stereocenters. The van der Waals surface area contributed by atoms with Crippen LogP contribution in [0.2, 0.25) is 0 Å². The van der Waals surface area contributed by atoms with Gasteiger partial charge in [-0.25, -0.2) is 0 Å². The van der Waals surface area contributed by atoms with E-state index in [9.17, 15) is 9.59 Å². The number of nitrogens with zero attached hydrogens (tertiary/aromatic N) is 2. The molecule has 0 bridgehead atoms. The van der Waals surface area contributed by atoms with Crippen LogP contribution in [0.3, 0.4) is 0 Å². The molecule has 2 N–H and O–H groups in total. The summed E-state index contributed by atoms with van der Waals surface area (Å²) in [6.45, 7) is 10.8. The molecule has 0 saturated carbocycles. The number of benzene rings is 2. The van der Waals surface area contributed by atoms with Gasteiger partial charge in [0, 0.05) is 41.5 Å². The van der Waals surface area contributed by atoms with E-state index in [1.54, 1.807) is 4.90 Å². The lowest BCUT2D eigenvalue weighted by atomic mass is 9.86. The van der Waals surface area contributed by atoms with Gasteiger partial charge in [0.2, 0.25) is 11.8 Å². The van der Waals surface area contributed by atoms with Gasteiger partial charge in [0.05, 0.1) is 32.8 Å². The fraction of sp³-hybridized carbons (Fsp3) is 0.448. The second-order valence-electron chi connectivity index (χ2n) is 9.78. The van der Waals surface area contributed by atoms with Crippen molar-refractivity contribution in [1.29, 1.82) is 0 Å². The molecule has 2 aliphatic heterocycles. The Morgan fingerprint density at radius 1 is 1.03 bits per heavy atom. The summed E-state index contributed by atoms with van der Waals surface area (Å²) in [4.78, 5) is 36.3. The van der Waals surface area contributed by atoms with Crippen LogP contribution < -0.4 is 9.64 Å². The molecule has 2 amide bonds. The van der Waals surface area contributed by atoms with Crippen LogP contribution >= 0.6 is 0 Å². The number of hydrogen-bond donors (Lipinski definition) is 2. The van der Waals surface area contributed by atoms with E-state index in [2.05, 4.69) is 31.0 Å². The Balaban J connectivity index is 1.54. The summed E-state index contributed by atoms with van der Waals surface area (Å²) in [6, 6.07) is 15.2. The number of piperazine rings is 1. The number of H-pyrrole nitrogens is 1. The zero-order valence-electron chi connectivity index (χ0n) is 21.5. The number of carbonyl (C=O) groups excluding carboxylic acids is 2. The summed E-state index contributed by atoms with van der Waals surface area (Å²) in [5.74, 6) is 0.800. The van der Waals surface area contributed by atoms with Crippen LogP contribution in [0.15, 0.2) is 48.5 Å². The van der Waals surface area contributed by atoms with Crippen LogP contribution in [-0.2, 0) is 16.0 Å². The maximum Gasteiger partial charge on any atom is 0.246 e. The Bertz CT molecular complexity index is 1250. The molecule has 1 saturated heterocycles. The van der Waals surface area contributed by atoms with E-state index in [1.165, 1.54) is 4.90 Å². The Hall–Kier alpha value is -3.32. The van der Waals surface area contributed by atoms with Gasteiger partial charge in [0.1, 0.15) is 17.8 Å². The zero-order chi connectivity index (χ0) is 25.2. The van der Waals surface area contributed by atoms with Crippen molar-refractivity contribution in [2.75, 3.05) is 39.3 Å². The average Bonchev–Trinajstić information content (AvgIpc) is 3.27. The van der Waals surface area contributed by atoms with E-state index in [0.29, 0.717) is 19.6 Å². The molecule has 36 heavy (non-hydrogen) atoms. The van der Waals surface area contributed by atoms with Crippen molar-refractivity contribution in [2.45, 2.75) is 45.7 Å². The Labute approximate surface area is 213 Å². The molecule has 7 nitrogen and oxygen atoms in total. The largest absolute Gasteiger partial charge is 0.494 e. The number of rotatable bonds is 9. The molecular weight excluding hydrogens is 452 g/mol. The first kappa shape index (κ1) is 24.4. The molecule has 3 heterocycles. The van der Waals surface area contributed by atoms with Crippen molar-refractivity contribution in [3.05, 3.63) is 65.4 Å². The molecular formula is C29H37N4O3+. The highest BCUT2D eigenvalue weighted by Crippen LogP contribution is 2.44. The normalized spacial score (nSPS) is 19.7. The highest BCUT2D eigenvalue weighted by Gasteiger charge is 2.48. The third kappa shape index (κ3) is 4.26. The van der Waals surface area contributed by atoms with Crippen molar-refractivity contribution >= 4 is 22.7 Å². The lowest BCUT2D eigenvalue weighted by molar-refractivity contribution is -0.896. The lowest BCUT2D eigenvalue weighted by Gasteiger charge is -2.47. The standard InChI is InChI=1S/C29H36N4O3/c1-4-31(5-2)16-11-17-32-19-26(34)33-24(29(32)35)18-22-20-12-7-9-14-23(20)30-27(22)28(33)21-13-8-10-15-25(21)36-6-3/h7-10,12-15,24,28,30H,4-6,11,16-19H2,1-3H3/p+1/t24-,28+/m0/s1. The topological polar surface area (TPSA) is 70.1 Å². The smallest absolute Gasteiger partial charge is 0.246 e. The van der Waals surface area contributed by atoms with Crippen LogP contribution in [-0.4, -0.2) is 72.0 Å². The first-order chi connectivity index (χ1) is 17.6. The van der Waals surface area contributed by atoms with E-state index >= 15 is 0 Å². The van der Waals surface area contributed by atoms with Crippen molar-refractivity contribution in [3.63, 3.8) is 0 Å². The number of quaternary nitrogens is 1. The van der Waals surface area contributed by atoms with Gasteiger partial charge in [-0.1, -0.05) is 36.4 Å². The van der Waals surface area contributed by atoms with E-state index in [-0.39, 0.29) is 18.4 Å². The molecule has 5 rings (SSSR count). The van der Waals surface area contributed by atoms with E-state index in [1.807, 2.05) is 48.2 Å². The van der Waals surface area contributed by atoms with Gasteiger partial charge in [-0.05, 0) is 38.5 Å². The molecule has 1 fully saturated rings. The minimum Gasteiger partial charge on any atom is -0.494 e. The van der Waals surface area contributed by atoms with Gasteiger partial charge in [-0.2, -0.15) is 0 Å². The fourth-order valence-electron chi connectivity index (χ4n) is 5.95. The summed E-state index contributed by atoms with van der Waals surface area (Å²) >= 11 is 0. The first-order valence-corrected chi connectivity index (χ1v) is 13.3. The Morgan fingerprint density at radius 3 is 2.56 bits per heavy atom. The average molecular weight is 490 g/mol. The van der Waals surface area contributed by atoms with Crippen LogP contribution in [0.1, 0.15) is 50.1 Å². The summed E-state index contributed by atoms with van der Waals surface area (Å²) in [7, 11) is 0. The van der Waals surface area contributed by atoms with Crippen LogP contribution in [0.25, 0.3) is 10.9 Å². The van der Waals surface area contributed by atoms with E-state index in [4.69, 9.17) is 4.74 Å². The van der Waals surface area contributed by atoms with Crippen LogP contribution in [0.5, 0.6) is 5.75 Å². The lowest BCUT2D eigenvalue weighted by Crippen LogP contribution is -3.11. The third-order valence-electron chi connectivity index (χ3n) is 7.81. The predicted octanol–water partition coefficient (Wildman–Crippen LogP) is 2.57. The molecule has 7 heteroatoms. The molecule has 2 aliphatic rings. The number of nitrogens with one attached hydrogen (secondary N) is 2. The molecule has 0 spiro atoms. The second-order valence-corrected chi connectivity index (χ2v) is 9.78. The molecule has 2 atom stereocenters. The Morgan fingerprint density at radius 2 is 1.78 bits per heavy atom. The monoisotopic (exact) mass is 489 g/mol. The van der Waals surface area contributed by atoms with Gasteiger partial charge in [0.15, 0.2) is 0 Å². The number of aromatic amines is 1. The maximum absolute atomic E-state index is 13.9. The molecule has 2 aromatic carbocycles. The van der Waals surface area contributed by atoms with Gasteiger partial charge < -0.3 is 24.4 Å². The number of fused-ring (bicyclic) bond motifs is 4. The number of amides is 2. The van der Waals surface area contributed by atoms with Crippen molar-refractivity contribution in [3.8, 4) is 5.75 Å². The summed E-state index contributed by atoms with van der Waals surface area (Å²) in [6.07, 6.45) is 1.42. The molecule has 1 aromatic heterocycles. The summed E-state index contributed by atoms with van der Waals surface area (Å²) < 4.78 is 5.99. The third-order valence-corrected chi connectivity index (χ3v) is 7.81. The molecule has 3 aromatic rings. The van der Waals surface area contributed by atoms with Crippen molar-refractivity contribution in [2.24, 2.45) is 0 Å². The summed E-state index contributed by atoms with van der Waals surface area (Å²) in [5.41, 5.74) is 4.05. The molecule has 0 radical (unpaired) electrons. The van der Waals surface area contributed by atoms with Gasteiger partial charge >= 0.3 is 0 Å².